The van der Waals surface area contributed by atoms with Crippen LogP contribution in [-0.2, 0) is 9.47 Å². The maximum absolute atomic E-state index is 5.82. The van der Waals surface area contributed by atoms with E-state index in [1.165, 1.54) is 19.3 Å². The van der Waals surface area contributed by atoms with E-state index in [2.05, 4.69) is 33.0 Å². The molecule has 0 amide bonds. The highest BCUT2D eigenvalue weighted by molar-refractivity contribution is 5.04. The van der Waals surface area contributed by atoms with Gasteiger partial charge in [0.25, 0.3) is 0 Å². The van der Waals surface area contributed by atoms with Crippen molar-refractivity contribution < 1.29 is 9.47 Å². The molecule has 0 heterocycles. The maximum atomic E-state index is 5.82. The molecule has 114 valence electrons. The molecular formula is C16H33NO2. The Labute approximate surface area is 119 Å². The van der Waals surface area contributed by atoms with Gasteiger partial charge in [0.2, 0.25) is 0 Å². The molecule has 1 fully saturated rings. The van der Waals surface area contributed by atoms with Gasteiger partial charge in [0.1, 0.15) is 0 Å². The van der Waals surface area contributed by atoms with E-state index in [1.807, 2.05) is 0 Å². The van der Waals surface area contributed by atoms with Crippen LogP contribution < -0.4 is 5.32 Å². The molecule has 0 aliphatic heterocycles. The third-order valence-corrected chi connectivity index (χ3v) is 4.61. The van der Waals surface area contributed by atoms with Crippen molar-refractivity contribution in [2.24, 2.45) is 5.41 Å². The summed E-state index contributed by atoms with van der Waals surface area (Å²) in [7, 11) is 0. The Balaban J connectivity index is 2.10. The van der Waals surface area contributed by atoms with Crippen molar-refractivity contribution in [3.05, 3.63) is 0 Å². The van der Waals surface area contributed by atoms with Crippen LogP contribution in [0.25, 0.3) is 0 Å². The topological polar surface area (TPSA) is 30.5 Å². The number of hydrogen-bond acceptors (Lipinski definition) is 3. The van der Waals surface area contributed by atoms with Crippen molar-refractivity contribution in [3.63, 3.8) is 0 Å². The van der Waals surface area contributed by atoms with Crippen LogP contribution >= 0.6 is 0 Å². The number of ether oxygens (including phenoxy) is 2. The van der Waals surface area contributed by atoms with E-state index in [0.29, 0.717) is 17.6 Å². The zero-order valence-electron chi connectivity index (χ0n) is 13.3. The Morgan fingerprint density at radius 1 is 1.16 bits per heavy atom. The molecule has 0 aromatic rings. The van der Waals surface area contributed by atoms with Crippen molar-refractivity contribution in [2.75, 3.05) is 26.4 Å². The van der Waals surface area contributed by atoms with Gasteiger partial charge < -0.3 is 14.8 Å². The lowest BCUT2D eigenvalue weighted by Gasteiger charge is -2.53. The summed E-state index contributed by atoms with van der Waals surface area (Å²) in [6.45, 7) is 12.6. The minimum absolute atomic E-state index is 0.319. The van der Waals surface area contributed by atoms with Gasteiger partial charge in [-0.15, -0.1) is 0 Å². The van der Waals surface area contributed by atoms with E-state index < -0.39 is 0 Å². The second kappa shape index (κ2) is 8.93. The van der Waals surface area contributed by atoms with Gasteiger partial charge in [-0.05, 0) is 39.2 Å². The Kier molecular flexibility index (Phi) is 7.96. The first-order valence-corrected chi connectivity index (χ1v) is 8.11. The predicted octanol–water partition coefficient (Wildman–Crippen LogP) is 3.38. The van der Waals surface area contributed by atoms with Crippen molar-refractivity contribution in [1.29, 1.82) is 0 Å². The second-order valence-corrected chi connectivity index (χ2v) is 5.87. The van der Waals surface area contributed by atoms with E-state index in [1.54, 1.807) is 0 Å². The summed E-state index contributed by atoms with van der Waals surface area (Å²) in [5, 5.41) is 3.68. The first-order chi connectivity index (χ1) is 9.19. The lowest BCUT2D eigenvalue weighted by Crippen LogP contribution is -2.62. The van der Waals surface area contributed by atoms with Gasteiger partial charge in [-0.1, -0.05) is 27.2 Å². The third kappa shape index (κ3) is 4.73. The van der Waals surface area contributed by atoms with Gasteiger partial charge in [0, 0.05) is 31.3 Å². The van der Waals surface area contributed by atoms with Crippen LogP contribution in [0.15, 0.2) is 0 Å². The third-order valence-electron chi connectivity index (χ3n) is 4.61. The smallest absolute Gasteiger partial charge is 0.0658 e. The molecule has 1 rings (SSSR count). The van der Waals surface area contributed by atoms with E-state index in [0.717, 1.165) is 39.2 Å². The summed E-state index contributed by atoms with van der Waals surface area (Å²) in [5.41, 5.74) is 0.319. The Morgan fingerprint density at radius 2 is 1.89 bits per heavy atom. The SMILES string of the molecule is CCCCOCCCNC1CC(OCC)C1(C)CC. The van der Waals surface area contributed by atoms with Gasteiger partial charge in [-0.25, -0.2) is 0 Å². The molecule has 3 heteroatoms. The number of rotatable bonds is 11. The number of nitrogens with one attached hydrogen (secondary N) is 1. The minimum Gasteiger partial charge on any atom is -0.381 e. The highest BCUT2D eigenvalue weighted by atomic mass is 16.5. The van der Waals surface area contributed by atoms with Crippen LogP contribution in [0.2, 0.25) is 0 Å². The van der Waals surface area contributed by atoms with Gasteiger partial charge in [0.15, 0.2) is 0 Å². The van der Waals surface area contributed by atoms with Crippen molar-refractivity contribution in [1.82, 2.24) is 5.32 Å². The van der Waals surface area contributed by atoms with Crippen molar-refractivity contribution >= 4 is 0 Å². The molecule has 1 aliphatic carbocycles. The van der Waals surface area contributed by atoms with Gasteiger partial charge in [0.05, 0.1) is 6.10 Å². The van der Waals surface area contributed by atoms with Crippen LogP contribution in [0.1, 0.15) is 59.8 Å². The Bertz CT molecular complexity index is 235. The van der Waals surface area contributed by atoms with E-state index in [9.17, 15) is 0 Å². The van der Waals surface area contributed by atoms with Crippen LogP contribution in [0.5, 0.6) is 0 Å². The molecule has 0 spiro atoms. The zero-order valence-corrected chi connectivity index (χ0v) is 13.3. The average molecular weight is 271 g/mol. The Hall–Kier alpha value is -0.120. The van der Waals surface area contributed by atoms with Crippen LogP contribution in [-0.4, -0.2) is 38.5 Å². The molecule has 1 saturated carbocycles. The van der Waals surface area contributed by atoms with Gasteiger partial charge in [-0.3, -0.25) is 0 Å². The van der Waals surface area contributed by atoms with E-state index in [4.69, 9.17) is 9.47 Å². The first kappa shape index (κ1) is 16.9. The zero-order chi connectivity index (χ0) is 14.1. The second-order valence-electron chi connectivity index (χ2n) is 5.87. The molecule has 3 atom stereocenters. The largest absolute Gasteiger partial charge is 0.381 e. The summed E-state index contributed by atoms with van der Waals surface area (Å²) in [4.78, 5) is 0. The quantitative estimate of drug-likeness (QED) is 0.584. The molecule has 0 radical (unpaired) electrons. The first-order valence-electron chi connectivity index (χ1n) is 8.11. The standard InChI is InChI=1S/C16H33NO2/c1-5-8-11-18-12-9-10-17-14-13-15(19-7-3)16(14,4)6-2/h14-15,17H,5-13H2,1-4H3. The summed E-state index contributed by atoms with van der Waals surface area (Å²) in [6, 6.07) is 0.615. The molecule has 0 bridgehead atoms. The lowest BCUT2D eigenvalue weighted by atomic mass is 9.61. The molecule has 0 aromatic carbocycles. The highest BCUT2D eigenvalue weighted by Gasteiger charge is 2.50. The Morgan fingerprint density at radius 3 is 2.53 bits per heavy atom. The van der Waals surface area contributed by atoms with Gasteiger partial charge >= 0.3 is 0 Å². The fourth-order valence-electron chi connectivity index (χ4n) is 2.87. The molecule has 1 N–H and O–H groups in total. The van der Waals surface area contributed by atoms with E-state index >= 15 is 0 Å². The van der Waals surface area contributed by atoms with Crippen LogP contribution in [0, 0.1) is 5.41 Å². The van der Waals surface area contributed by atoms with Crippen molar-refractivity contribution in [2.45, 2.75) is 71.9 Å². The molecule has 19 heavy (non-hydrogen) atoms. The monoisotopic (exact) mass is 271 g/mol. The summed E-state index contributed by atoms with van der Waals surface area (Å²) >= 11 is 0. The summed E-state index contributed by atoms with van der Waals surface area (Å²) in [5.74, 6) is 0. The van der Waals surface area contributed by atoms with E-state index in [-0.39, 0.29) is 0 Å². The molecule has 0 aromatic heterocycles. The number of unbranched alkanes of at least 4 members (excludes halogenated alkanes) is 1. The normalized spacial score (nSPS) is 30.3. The summed E-state index contributed by atoms with van der Waals surface area (Å²) < 4.78 is 11.4. The van der Waals surface area contributed by atoms with Crippen molar-refractivity contribution in [3.8, 4) is 0 Å². The molecule has 1 aliphatic rings. The molecule has 3 unspecified atom stereocenters. The molecule has 0 saturated heterocycles. The van der Waals surface area contributed by atoms with Crippen LogP contribution in [0.4, 0.5) is 0 Å². The fraction of sp³-hybridized carbons (Fsp3) is 1.00. The van der Waals surface area contributed by atoms with Gasteiger partial charge in [-0.2, -0.15) is 0 Å². The fourth-order valence-corrected chi connectivity index (χ4v) is 2.87. The molecular weight excluding hydrogens is 238 g/mol. The lowest BCUT2D eigenvalue weighted by molar-refractivity contribution is -0.125. The maximum Gasteiger partial charge on any atom is 0.0658 e. The summed E-state index contributed by atoms with van der Waals surface area (Å²) in [6.07, 6.45) is 6.30. The molecule has 3 nitrogen and oxygen atoms in total. The minimum atomic E-state index is 0.319. The van der Waals surface area contributed by atoms with Crippen LogP contribution in [0.3, 0.4) is 0 Å². The average Bonchev–Trinajstić information content (AvgIpc) is 2.43. The highest BCUT2D eigenvalue weighted by Crippen LogP contribution is 2.45. The number of hydrogen-bond donors (Lipinski definition) is 1. The predicted molar refractivity (Wildman–Crippen MR) is 80.6 cm³/mol.